The highest BCUT2D eigenvalue weighted by atomic mass is 16.5. The van der Waals surface area contributed by atoms with Crippen molar-refractivity contribution in [2.75, 3.05) is 0 Å². The molecular weight excluding hydrogens is 380 g/mol. The van der Waals surface area contributed by atoms with Gasteiger partial charge in [0.25, 0.3) is 0 Å². The Labute approximate surface area is 192 Å². The minimum Gasteiger partial charge on any atom is -0.463 e. The summed E-state index contributed by atoms with van der Waals surface area (Å²) in [5.74, 6) is 6.22. The summed E-state index contributed by atoms with van der Waals surface area (Å²) in [6, 6.07) is 0. The molecule has 2 nitrogen and oxygen atoms in total. The van der Waals surface area contributed by atoms with Crippen molar-refractivity contribution in [1.29, 1.82) is 0 Å². The van der Waals surface area contributed by atoms with Crippen LogP contribution in [0.4, 0.5) is 0 Å². The standard InChI is InChI=1S/C29H50O2/c1-19(2)8-7-9-20(3)25-12-13-26-24-11-10-22-18-23(31-21(4)30)14-16-28(22,5)27(24)15-17-29(25,26)6/h19-20,22-27H,7-18H2,1-6H3/t20-,22?,23?,24+,25?,26+,27+,28+,29-/m1/s1. The third kappa shape index (κ3) is 4.35. The van der Waals surface area contributed by atoms with Crippen LogP contribution in [-0.4, -0.2) is 12.1 Å². The van der Waals surface area contributed by atoms with Crippen LogP contribution in [0.1, 0.15) is 119 Å². The summed E-state index contributed by atoms with van der Waals surface area (Å²) in [5.41, 5.74) is 1.08. The summed E-state index contributed by atoms with van der Waals surface area (Å²) in [6.45, 7) is 14.2. The highest BCUT2D eigenvalue weighted by molar-refractivity contribution is 5.66. The van der Waals surface area contributed by atoms with Crippen LogP contribution in [0.5, 0.6) is 0 Å². The van der Waals surface area contributed by atoms with Gasteiger partial charge in [-0.25, -0.2) is 0 Å². The normalized spacial score (nSPS) is 45.5. The zero-order valence-electron chi connectivity index (χ0n) is 21.4. The van der Waals surface area contributed by atoms with E-state index in [1.54, 1.807) is 6.92 Å². The molecule has 0 aromatic carbocycles. The number of fused-ring (bicyclic) bond motifs is 5. The molecule has 0 aliphatic heterocycles. The van der Waals surface area contributed by atoms with E-state index < -0.39 is 0 Å². The summed E-state index contributed by atoms with van der Waals surface area (Å²) in [7, 11) is 0. The fourth-order valence-corrected chi connectivity index (χ4v) is 9.59. The molecule has 178 valence electrons. The number of ether oxygens (including phenoxy) is 1. The van der Waals surface area contributed by atoms with Gasteiger partial charge < -0.3 is 4.74 Å². The average molecular weight is 431 g/mol. The lowest BCUT2D eigenvalue weighted by Gasteiger charge is -2.61. The second-order valence-electron chi connectivity index (χ2n) is 13.2. The first-order chi connectivity index (χ1) is 14.6. The fraction of sp³-hybridized carbons (Fsp3) is 0.966. The molecule has 31 heavy (non-hydrogen) atoms. The van der Waals surface area contributed by atoms with E-state index in [4.69, 9.17) is 4.74 Å². The van der Waals surface area contributed by atoms with Crippen molar-refractivity contribution in [3.63, 3.8) is 0 Å². The van der Waals surface area contributed by atoms with E-state index in [0.29, 0.717) is 10.8 Å². The third-order valence-electron chi connectivity index (χ3n) is 11.2. The quantitative estimate of drug-likeness (QED) is 0.398. The van der Waals surface area contributed by atoms with Crippen LogP contribution in [0, 0.1) is 52.3 Å². The number of hydrogen-bond acceptors (Lipinski definition) is 2. The molecule has 2 heteroatoms. The van der Waals surface area contributed by atoms with Crippen LogP contribution < -0.4 is 0 Å². The van der Waals surface area contributed by atoms with Crippen LogP contribution in [-0.2, 0) is 9.53 Å². The Morgan fingerprint density at radius 1 is 0.903 bits per heavy atom. The van der Waals surface area contributed by atoms with Gasteiger partial charge in [0.1, 0.15) is 6.10 Å². The van der Waals surface area contributed by atoms with Gasteiger partial charge in [-0.3, -0.25) is 4.79 Å². The summed E-state index contributed by atoms with van der Waals surface area (Å²) >= 11 is 0. The van der Waals surface area contributed by atoms with E-state index in [2.05, 4.69) is 34.6 Å². The lowest BCUT2D eigenvalue weighted by atomic mass is 9.44. The highest BCUT2D eigenvalue weighted by Crippen LogP contribution is 2.68. The molecule has 0 spiro atoms. The lowest BCUT2D eigenvalue weighted by Crippen LogP contribution is -2.54. The van der Waals surface area contributed by atoms with Gasteiger partial charge in [-0.15, -0.1) is 0 Å². The van der Waals surface area contributed by atoms with Crippen molar-refractivity contribution >= 4 is 5.97 Å². The molecule has 0 saturated heterocycles. The second kappa shape index (κ2) is 9.02. The van der Waals surface area contributed by atoms with Crippen molar-refractivity contribution in [2.45, 2.75) is 125 Å². The maximum atomic E-state index is 11.5. The smallest absolute Gasteiger partial charge is 0.302 e. The van der Waals surface area contributed by atoms with Crippen molar-refractivity contribution in [1.82, 2.24) is 0 Å². The van der Waals surface area contributed by atoms with Crippen molar-refractivity contribution in [3.05, 3.63) is 0 Å². The van der Waals surface area contributed by atoms with Crippen LogP contribution >= 0.6 is 0 Å². The molecule has 0 amide bonds. The Morgan fingerprint density at radius 3 is 2.32 bits per heavy atom. The summed E-state index contributed by atoms with van der Waals surface area (Å²) in [5, 5.41) is 0. The first kappa shape index (κ1) is 23.6. The van der Waals surface area contributed by atoms with E-state index in [1.165, 1.54) is 64.2 Å². The Hall–Kier alpha value is -0.530. The molecule has 0 bridgehead atoms. The molecule has 4 aliphatic rings. The van der Waals surface area contributed by atoms with Crippen molar-refractivity contribution in [2.24, 2.45) is 52.3 Å². The van der Waals surface area contributed by atoms with E-state index in [0.717, 1.165) is 54.3 Å². The lowest BCUT2D eigenvalue weighted by molar-refractivity contribution is -0.160. The minimum atomic E-state index is -0.0877. The zero-order chi connectivity index (χ0) is 22.4. The van der Waals surface area contributed by atoms with E-state index >= 15 is 0 Å². The van der Waals surface area contributed by atoms with Crippen molar-refractivity contribution < 1.29 is 9.53 Å². The van der Waals surface area contributed by atoms with Gasteiger partial charge in [-0.2, -0.15) is 0 Å². The van der Waals surface area contributed by atoms with Crippen LogP contribution in [0.25, 0.3) is 0 Å². The average Bonchev–Trinajstić information content (AvgIpc) is 3.05. The van der Waals surface area contributed by atoms with E-state index in [-0.39, 0.29) is 12.1 Å². The van der Waals surface area contributed by atoms with Gasteiger partial charge in [0.15, 0.2) is 0 Å². The van der Waals surface area contributed by atoms with Gasteiger partial charge >= 0.3 is 5.97 Å². The number of hydrogen-bond donors (Lipinski definition) is 0. The molecule has 0 heterocycles. The molecule has 9 atom stereocenters. The van der Waals surface area contributed by atoms with Gasteiger partial charge in [0.05, 0.1) is 0 Å². The van der Waals surface area contributed by atoms with Gasteiger partial charge in [-0.05, 0) is 110 Å². The molecule has 3 unspecified atom stereocenters. The van der Waals surface area contributed by atoms with Crippen molar-refractivity contribution in [3.8, 4) is 0 Å². The first-order valence-corrected chi connectivity index (χ1v) is 13.8. The van der Waals surface area contributed by atoms with Crippen LogP contribution in [0.3, 0.4) is 0 Å². The topological polar surface area (TPSA) is 26.3 Å². The minimum absolute atomic E-state index is 0.0877. The highest BCUT2D eigenvalue weighted by Gasteiger charge is 2.60. The van der Waals surface area contributed by atoms with Crippen LogP contribution in [0.15, 0.2) is 0 Å². The van der Waals surface area contributed by atoms with E-state index in [9.17, 15) is 4.79 Å². The molecule has 4 rings (SSSR count). The Kier molecular flexibility index (Phi) is 6.87. The zero-order valence-corrected chi connectivity index (χ0v) is 21.4. The SMILES string of the molecule is CC(=O)OC1CC[C@@]2(C)C(CC[C@@H]3[C@@H]2CC[C@]2(C)C([C@H](C)CCCC(C)C)CC[C@@H]32)C1. The Morgan fingerprint density at radius 2 is 1.61 bits per heavy atom. The summed E-state index contributed by atoms with van der Waals surface area (Å²) in [6.07, 6.45) is 16.6. The Bertz CT molecular complexity index is 641. The Balaban J connectivity index is 1.43. The fourth-order valence-electron chi connectivity index (χ4n) is 9.59. The molecule has 4 fully saturated rings. The summed E-state index contributed by atoms with van der Waals surface area (Å²) < 4.78 is 5.65. The number of rotatable bonds is 6. The largest absolute Gasteiger partial charge is 0.463 e. The van der Waals surface area contributed by atoms with Crippen LogP contribution in [0.2, 0.25) is 0 Å². The predicted octanol–water partition coefficient (Wildman–Crippen LogP) is 8.04. The predicted molar refractivity (Wildman–Crippen MR) is 129 cm³/mol. The third-order valence-corrected chi connectivity index (χ3v) is 11.2. The first-order valence-electron chi connectivity index (χ1n) is 13.8. The molecule has 4 saturated carbocycles. The second-order valence-corrected chi connectivity index (χ2v) is 13.2. The maximum absolute atomic E-state index is 11.5. The molecule has 0 aromatic rings. The molecule has 0 radical (unpaired) electrons. The molecule has 4 aliphatic carbocycles. The van der Waals surface area contributed by atoms with Gasteiger partial charge in [-0.1, -0.05) is 53.9 Å². The number of esters is 1. The van der Waals surface area contributed by atoms with E-state index in [1.807, 2.05) is 0 Å². The molecule has 0 aromatic heterocycles. The number of carbonyl (C=O) groups is 1. The summed E-state index contributed by atoms with van der Waals surface area (Å²) in [4.78, 5) is 11.5. The molecule has 0 N–H and O–H groups in total. The maximum Gasteiger partial charge on any atom is 0.302 e. The monoisotopic (exact) mass is 430 g/mol. The van der Waals surface area contributed by atoms with Gasteiger partial charge in [0.2, 0.25) is 0 Å². The molecular formula is C29H50O2. The number of carbonyl (C=O) groups excluding carboxylic acids is 1. The van der Waals surface area contributed by atoms with Gasteiger partial charge in [0, 0.05) is 6.92 Å².